The number of benzene rings is 4. The van der Waals surface area contributed by atoms with Crippen molar-refractivity contribution < 1.29 is 4.42 Å². The molecule has 5 heteroatoms. The molecule has 0 aliphatic carbocycles. The zero-order valence-electron chi connectivity index (χ0n) is 21.7. The Kier molecular flexibility index (Phi) is 5.35. The molecule has 0 unspecified atom stereocenters. The summed E-state index contributed by atoms with van der Waals surface area (Å²) in [5, 5.41) is 2.34. The molecule has 0 amide bonds. The van der Waals surface area contributed by atoms with Crippen molar-refractivity contribution in [2.24, 2.45) is 0 Å². The van der Waals surface area contributed by atoms with E-state index >= 15 is 0 Å². The van der Waals surface area contributed by atoms with Crippen molar-refractivity contribution in [2.45, 2.75) is 33.1 Å². The van der Waals surface area contributed by atoms with Gasteiger partial charge in [0, 0.05) is 16.3 Å². The summed E-state index contributed by atoms with van der Waals surface area (Å²) in [6, 6.07) is 21.7. The van der Waals surface area contributed by atoms with Crippen LogP contribution in [0.25, 0.3) is 44.2 Å². The molecule has 4 aromatic carbocycles. The Labute approximate surface area is 206 Å². The highest BCUT2D eigenvalue weighted by Crippen LogP contribution is 2.43. The van der Waals surface area contributed by atoms with Gasteiger partial charge in [-0.2, -0.15) is 0 Å². The van der Waals surface area contributed by atoms with Crippen LogP contribution in [0.4, 0.5) is 0 Å². The van der Waals surface area contributed by atoms with Crippen molar-refractivity contribution in [1.29, 1.82) is 0 Å². The average molecular weight is 438 g/mol. The first-order chi connectivity index (χ1) is 16.1. The molecular weight excluding hydrogens is 408 g/mol. The topological polar surface area (TPSA) is 13.1 Å². The van der Waals surface area contributed by atoms with Crippen molar-refractivity contribution >= 4 is 75.2 Å². The number of furan rings is 1. The summed E-state index contributed by atoms with van der Waals surface area (Å²) in [6.07, 6.45) is 0. The molecule has 34 heavy (non-hydrogen) atoms. The van der Waals surface area contributed by atoms with Crippen LogP contribution in [0.2, 0.25) is 0 Å². The van der Waals surface area contributed by atoms with Gasteiger partial charge in [0.2, 0.25) is 0 Å². The standard InChI is InChI=1S/C29H30B4O/c1-15-24(30)22(26(32)27(33)25(15)31)20-13-7-10-17(23(20)29(2,3)4)19-12-8-11-18-16-9-5-6-14-21(16)34-28(18)19/h5-14H,30-33H2,1-4H3. The van der Waals surface area contributed by atoms with E-state index in [1.165, 1.54) is 60.4 Å². The minimum atomic E-state index is -0.0499. The first-order valence-electron chi connectivity index (χ1n) is 12.2. The van der Waals surface area contributed by atoms with Gasteiger partial charge >= 0.3 is 0 Å². The first kappa shape index (κ1) is 22.7. The molecule has 1 heterocycles. The quantitative estimate of drug-likeness (QED) is 0.382. The third-order valence-electron chi connectivity index (χ3n) is 7.78. The summed E-state index contributed by atoms with van der Waals surface area (Å²) in [6.45, 7) is 9.24. The van der Waals surface area contributed by atoms with Gasteiger partial charge in [0.25, 0.3) is 0 Å². The molecule has 0 saturated carbocycles. The van der Waals surface area contributed by atoms with E-state index in [9.17, 15) is 0 Å². The third-order valence-corrected chi connectivity index (χ3v) is 7.78. The van der Waals surface area contributed by atoms with Gasteiger partial charge < -0.3 is 4.42 Å². The molecule has 0 fully saturated rings. The zero-order valence-corrected chi connectivity index (χ0v) is 21.7. The van der Waals surface area contributed by atoms with Crippen LogP contribution in [0, 0.1) is 6.92 Å². The van der Waals surface area contributed by atoms with Crippen LogP contribution in [0.3, 0.4) is 0 Å². The predicted molar refractivity (Wildman–Crippen MR) is 161 cm³/mol. The minimum Gasteiger partial charge on any atom is -0.455 e. The predicted octanol–water partition coefficient (Wildman–Crippen LogP) is 1.56. The monoisotopic (exact) mass is 438 g/mol. The molecule has 0 spiro atoms. The molecule has 0 aliphatic rings. The van der Waals surface area contributed by atoms with Gasteiger partial charge in [-0.05, 0) is 40.7 Å². The highest BCUT2D eigenvalue weighted by molar-refractivity contribution is 6.61. The van der Waals surface area contributed by atoms with E-state index < -0.39 is 0 Å². The maximum atomic E-state index is 6.45. The van der Waals surface area contributed by atoms with Gasteiger partial charge in [-0.3, -0.25) is 0 Å². The Balaban J connectivity index is 1.90. The van der Waals surface area contributed by atoms with E-state index in [2.05, 4.69) is 114 Å². The largest absolute Gasteiger partial charge is 0.455 e. The van der Waals surface area contributed by atoms with Crippen LogP contribution in [0.15, 0.2) is 65.1 Å². The highest BCUT2D eigenvalue weighted by atomic mass is 16.3. The second-order valence-electron chi connectivity index (χ2n) is 10.8. The Morgan fingerprint density at radius 3 is 1.97 bits per heavy atom. The van der Waals surface area contributed by atoms with Gasteiger partial charge in [0.05, 0.1) is 0 Å². The zero-order chi connectivity index (χ0) is 24.4. The molecule has 5 rings (SSSR count). The minimum absolute atomic E-state index is 0.0499. The van der Waals surface area contributed by atoms with E-state index in [4.69, 9.17) is 4.42 Å². The number of fused-ring (bicyclic) bond motifs is 3. The van der Waals surface area contributed by atoms with Crippen LogP contribution in [0.1, 0.15) is 31.9 Å². The summed E-state index contributed by atoms with van der Waals surface area (Å²) in [5.41, 5.74) is 15.3. The van der Waals surface area contributed by atoms with Crippen molar-refractivity contribution in [1.82, 2.24) is 0 Å². The summed E-state index contributed by atoms with van der Waals surface area (Å²) in [7, 11) is 9.07. The molecule has 1 aromatic heterocycles. The van der Waals surface area contributed by atoms with E-state index in [-0.39, 0.29) is 5.41 Å². The molecule has 0 atom stereocenters. The van der Waals surface area contributed by atoms with Crippen LogP contribution in [-0.2, 0) is 5.41 Å². The van der Waals surface area contributed by atoms with Gasteiger partial charge in [0.1, 0.15) is 42.6 Å². The molecule has 0 N–H and O–H groups in total. The third kappa shape index (κ3) is 3.36. The highest BCUT2D eigenvalue weighted by Gasteiger charge is 2.27. The van der Waals surface area contributed by atoms with Crippen molar-refractivity contribution in [3.05, 3.63) is 71.8 Å². The summed E-state index contributed by atoms with van der Waals surface area (Å²) < 4.78 is 6.45. The lowest BCUT2D eigenvalue weighted by atomic mass is 9.62. The lowest BCUT2D eigenvalue weighted by molar-refractivity contribution is 0.593. The van der Waals surface area contributed by atoms with Crippen LogP contribution >= 0.6 is 0 Å². The fraction of sp³-hybridized carbons (Fsp3) is 0.172. The number of hydrogen-bond acceptors (Lipinski definition) is 1. The van der Waals surface area contributed by atoms with Gasteiger partial charge in [-0.15, -0.1) is 5.46 Å². The van der Waals surface area contributed by atoms with E-state index in [1.807, 2.05) is 6.07 Å². The van der Waals surface area contributed by atoms with E-state index in [1.54, 1.807) is 0 Å². The fourth-order valence-electron chi connectivity index (χ4n) is 5.66. The van der Waals surface area contributed by atoms with E-state index in [0.717, 1.165) is 16.7 Å². The number of hydrogen-bond donors (Lipinski definition) is 0. The van der Waals surface area contributed by atoms with Crippen LogP contribution in [0.5, 0.6) is 0 Å². The van der Waals surface area contributed by atoms with E-state index in [0.29, 0.717) is 0 Å². The average Bonchev–Trinajstić information content (AvgIpc) is 3.20. The Bertz CT molecular complexity index is 1560. The van der Waals surface area contributed by atoms with Crippen molar-refractivity contribution in [3.63, 3.8) is 0 Å². The second kappa shape index (κ2) is 8.01. The summed E-state index contributed by atoms with van der Waals surface area (Å²) in [5.74, 6) is 0. The van der Waals surface area contributed by atoms with Gasteiger partial charge in [-0.25, -0.2) is 0 Å². The SMILES string of the molecule is Bc1c(B)c(C)c(B)c(-c2cccc(-c3cccc4c3oc3ccccc34)c2C(C)(C)C)c1B. The number of rotatable bonds is 2. The molecule has 1 nitrogen and oxygen atoms in total. The molecule has 0 aliphatic heterocycles. The Morgan fingerprint density at radius 1 is 0.618 bits per heavy atom. The lowest BCUT2D eigenvalue weighted by Gasteiger charge is -2.30. The van der Waals surface area contributed by atoms with Crippen LogP contribution in [-0.4, -0.2) is 31.4 Å². The van der Waals surface area contributed by atoms with Crippen molar-refractivity contribution in [3.8, 4) is 22.3 Å². The van der Waals surface area contributed by atoms with Gasteiger partial charge in [0.15, 0.2) is 0 Å². The number of para-hydroxylation sites is 2. The summed E-state index contributed by atoms with van der Waals surface area (Å²) in [4.78, 5) is 0. The van der Waals surface area contributed by atoms with Gasteiger partial charge in [-0.1, -0.05) is 97.3 Å². The normalized spacial score (nSPS) is 12.0. The molecular formula is C29H30B4O. The molecule has 0 radical (unpaired) electrons. The van der Waals surface area contributed by atoms with Crippen LogP contribution < -0.4 is 21.9 Å². The molecule has 164 valence electrons. The fourth-order valence-corrected chi connectivity index (χ4v) is 5.66. The molecule has 5 aromatic rings. The Hall–Kier alpha value is -3.06. The maximum absolute atomic E-state index is 6.45. The molecule has 0 saturated heterocycles. The first-order valence-corrected chi connectivity index (χ1v) is 12.2. The smallest absolute Gasteiger partial charge is 0.143 e. The van der Waals surface area contributed by atoms with Crippen molar-refractivity contribution in [2.75, 3.05) is 0 Å². The maximum Gasteiger partial charge on any atom is 0.143 e. The Morgan fingerprint density at radius 2 is 1.24 bits per heavy atom. The lowest BCUT2D eigenvalue weighted by Crippen LogP contribution is -2.46. The summed E-state index contributed by atoms with van der Waals surface area (Å²) >= 11 is 0. The molecule has 0 bridgehead atoms. The second-order valence-corrected chi connectivity index (χ2v) is 10.8.